The van der Waals surface area contributed by atoms with Gasteiger partial charge in [0.05, 0.1) is 15.9 Å². The highest BCUT2D eigenvalue weighted by molar-refractivity contribution is 6.32. The van der Waals surface area contributed by atoms with Crippen molar-refractivity contribution < 1.29 is 14.6 Å². The third-order valence-corrected chi connectivity index (χ3v) is 5.50. The number of ether oxygens (including phenoxy) is 1. The summed E-state index contributed by atoms with van der Waals surface area (Å²) < 4.78 is 5.74. The summed E-state index contributed by atoms with van der Waals surface area (Å²) in [6, 6.07) is 18.9. The van der Waals surface area contributed by atoms with Crippen LogP contribution in [0.2, 0.25) is 5.02 Å². The number of rotatable bonds is 8. The first kappa shape index (κ1) is 21.3. The molecule has 0 spiro atoms. The number of nitrogens with one attached hydrogen (secondary N) is 1. The Morgan fingerprint density at radius 3 is 2.56 bits per heavy atom. The van der Waals surface area contributed by atoms with Crippen LogP contribution in [0.5, 0.6) is 5.75 Å². The molecular weight excluding hydrogens is 434 g/mol. The summed E-state index contributed by atoms with van der Waals surface area (Å²) in [5.41, 5.74) is 3.02. The van der Waals surface area contributed by atoms with Gasteiger partial charge in [-0.05, 0) is 34.9 Å². The number of aromatic nitrogens is 1. The minimum Gasteiger partial charge on any atom is -0.487 e. The maximum Gasteiger partial charge on any atom is 0.269 e. The number of halogens is 1. The van der Waals surface area contributed by atoms with E-state index in [-0.39, 0.29) is 23.8 Å². The molecule has 0 fully saturated rings. The molecule has 4 rings (SSSR count). The Kier molecular flexibility index (Phi) is 6.04. The summed E-state index contributed by atoms with van der Waals surface area (Å²) in [5.74, 6) is -0.106. The normalized spacial score (nSPS) is 11.9. The standard InChI is InChI=1S/C23H18ClN3O5/c24-21-11-16(8-9-23(21)32-14-15-4-3-5-17(10-15)27(30)31)20(13-26(28)29)19-12-25-22-7-2-1-6-18(19)22/h1-12,20,25H,13-14H2/t20-/m0/s1. The third-order valence-electron chi connectivity index (χ3n) is 5.20. The van der Waals surface area contributed by atoms with Gasteiger partial charge < -0.3 is 9.72 Å². The van der Waals surface area contributed by atoms with Gasteiger partial charge in [0.15, 0.2) is 0 Å². The van der Waals surface area contributed by atoms with E-state index in [0.717, 1.165) is 16.5 Å². The number of para-hydroxylation sites is 1. The summed E-state index contributed by atoms with van der Waals surface area (Å²) in [6.07, 6.45) is 1.79. The first-order valence-corrected chi connectivity index (χ1v) is 10.1. The van der Waals surface area contributed by atoms with Crippen molar-refractivity contribution in [2.45, 2.75) is 12.5 Å². The monoisotopic (exact) mass is 451 g/mol. The number of hydrogen-bond donors (Lipinski definition) is 1. The van der Waals surface area contributed by atoms with Crippen LogP contribution in [-0.4, -0.2) is 21.4 Å². The number of H-pyrrole nitrogens is 1. The average Bonchev–Trinajstić information content (AvgIpc) is 3.20. The molecule has 32 heavy (non-hydrogen) atoms. The number of nitro groups is 2. The van der Waals surface area contributed by atoms with E-state index in [1.807, 2.05) is 24.3 Å². The Hall–Kier alpha value is -3.91. The van der Waals surface area contributed by atoms with Gasteiger partial charge in [-0.25, -0.2) is 0 Å². The second kappa shape index (κ2) is 9.07. The Bertz CT molecular complexity index is 1300. The SMILES string of the molecule is O=[N+]([O-])C[C@@H](c1ccc(OCc2cccc([N+](=O)[O-])c2)c(Cl)c1)c1c[nH]c2ccccc12. The van der Waals surface area contributed by atoms with Gasteiger partial charge in [0.1, 0.15) is 12.4 Å². The van der Waals surface area contributed by atoms with Crippen LogP contribution < -0.4 is 4.74 Å². The van der Waals surface area contributed by atoms with E-state index in [4.69, 9.17) is 16.3 Å². The van der Waals surface area contributed by atoms with E-state index in [0.29, 0.717) is 21.9 Å². The number of non-ortho nitro benzene ring substituents is 1. The number of fused-ring (bicyclic) bond motifs is 1. The molecule has 0 bridgehead atoms. The zero-order chi connectivity index (χ0) is 22.7. The van der Waals surface area contributed by atoms with Crippen molar-refractivity contribution in [3.63, 3.8) is 0 Å². The van der Waals surface area contributed by atoms with Crippen LogP contribution in [0.1, 0.15) is 22.6 Å². The van der Waals surface area contributed by atoms with Crippen LogP contribution in [0.3, 0.4) is 0 Å². The van der Waals surface area contributed by atoms with Crippen LogP contribution in [0.4, 0.5) is 5.69 Å². The molecule has 0 aliphatic heterocycles. The van der Waals surface area contributed by atoms with Gasteiger partial charge in [0.2, 0.25) is 6.54 Å². The maximum absolute atomic E-state index is 11.4. The smallest absolute Gasteiger partial charge is 0.269 e. The molecule has 0 unspecified atom stereocenters. The van der Waals surface area contributed by atoms with Crippen molar-refractivity contribution in [1.82, 2.24) is 4.98 Å². The van der Waals surface area contributed by atoms with Crippen LogP contribution in [-0.2, 0) is 6.61 Å². The number of aromatic amines is 1. The molecule has 3 aromatic carbocycles. The second-order valence-electron chi connectivity index (χ2n) is 7.26. The summed E-state index contributed by atoms with van der Waals surface area (Å²) in [4.78, 5) is 24.7. The molecule has 1 N–H and O–H groups in total. The molecule has 0 aliphatic carbocycles. The molecule has 8 nitrogen and oxygen atoms in total. The minimum absolute atomic E-state index is 0.0195. The zero-order valence-electron chi connectivity index (χ0n) is 16.7. The molecule has 1 heterocycles. The lowest BCUT2D eigenvalue weighted by atomic mass is 9.91. The fraction of sp³-hybridized carbons (Fsp3) is 0.130. The van der Waals surface area contributed by atoms with E-state index in [9.17, 15) is 20.2 Å². The Morgan fingerprint density at radius 1 is 1.00 bits per heavy atom. The predicted octanol–water partition coefficient (Wildman–Crippen LogP) is 5.72. The van der Waals surface area contributed by atoms with Gasteiger partial charge in [0.25, 0.3) is 5.69 Å². The van der Waals surface area contributed by atoms with Gasteiger partial charge in [-0.1, -0.05) is 48.0 Å². The molecule has 1 aromatic heterocycles. The molecule has 9 heteroatoms. The highest BCUT2D eigenvalue weighted by Crippen LogP contribution is 2.35. The van der Waals surface area contributed by atoms with Crippen molar-refractivity contribution in [1.29, 1.82) is 0 Å². The van der Waals surface area contributed by atoms with E-state index < -0.39 is 10.8 Å². The minimum atomic E-state index is -0.496. The number of nitrogens with zero attached hydrogens (tertiary/aromatic N) is 2. The molecule has 0 saturated heterocycles. The van der Waals surface area contributed by atoms with Gasteiger partial charge in [-0.15, -0.1) is 0 Å². The van der Waals surface area contributed by atoms with Crippen molar-refractivity contribution in [2.75, 3.05) is 6.54 Å². The molecule has 0 radical (unpaired) electrons. The van der Waals surface area contributed by atoms with E-state index in [2.05, 4.69) is 4.98 Å². The van der Waals surface area contributed by atoms with Gasteiger partial charge in [-0.2, -0.15) is 0 Å². The summed E-state index contributed by atoms with van der Waals surface area (Å²) in [5, 5.41) is 23.5. The lowest BCUT2D eigenvalue weighted by Gasteiger charge is -2.15. The van der Waals surface area contributed by atoms with Crippen LogP contribution in [0.25, 0.3) is 10.9 Å². The van der Waals surface area contributed by atoms with Gasteiger partial charge in [0, 0.05) is 34.2 Å². The largest absolute Gasteiger partial charge is 0.487 e. The fourth-order valence-electron chi connectivity index (χ4n) is 3.69. The third kappa shape index (κ3) is 4.55. The highest BCUT2D eigenvalue weighted by atomic mass is 35.5. The summed E-state index contributed by atoms with van der Waals surface area (Å²) in [7, 11) is 0. The van der Waals surface area contributed by atoms with Crippen molar-refractivity contribution in [3.8, 4) is 5.75 Å². The van der Waals surface area contributed by atoms with Crippen LogP contribution in [0, 0.1) is 20.2 Å². The second-order valence-corrected chi connectivity index (χ2v) is 7.67. The van der Waals surface area contributed by atoms with Crippen molar-refractivity contribution in [3.05, 3.63) is 115 Å². The van der Waals surface area contributed by atoms with Crippen molar-refractivity contribution >= 4 is 28.2 Å². The zero-order valence-corrected chi connectivity index (χ0v) is 17.5. The Morgan fingerprint density at radius 2 is 1.81 bits per heavy atom. The molecule has 0 amide bonds. The molecule has 4 aromatic rings. The predicted molar refractivity (Wildman–Crippen MR) is 121 cm³/mol. The fourth-order valence-corrected chi connectivity index (χ4v) is 3.93. The van der Waals surface area contributed by atoms with Crippen molar-refractivity contribution in [2.24, 2.45) is 0 Å². The number of hydrogen-bond acceptors (Lipinski definition) is 5. The first-order chi connectivity index (χ1) is 15.4. The summed E-state index contributed by atoms with van der Waals surface area (Å²) in [6.45, 7) is -0.187. The maximum atomic E-state index is 11.4. The molecule has 0 aliphatic rings. The lowest BCUT2D eigenvalue weighted by Crippen LogP contribution is -2.13. The topological polar surface area (TPSA) is 111 Å². The van der Waals surface area contributed by atoms with Gasteiger partial charge in [-0.3, -0.25) is 20.2 Å². The van der Waals surface area contributed by atoms with Gasteiger partial charge >= 0.3 is 0 Å². The van der Waals surface area contributed by atoms with E-state index >= 15 is 0 Å². The average molecular weight is 452 g/mol. The quantitative estimate of drug-likeness (QED) is 0.272. The number of nitro benzene ring substituents is 1. The molecule has 1 atom stereocenters. The van der Waals surface area contributed by atoms with E-state index in [1.165, 1.54) is 12.1 Å². The molecule has 0 saturated carbocycles. The Balaban J connectivity index is 1.59. The lowest BCUT2D eigenvalue weighted by molar-refractivity contribution is -0.481. The van der Waals surface area contributed by atoms with Crippen LogP contribution >= 0.6 is 11.6 Å². The summed E-state index contributed by atoms with van der Waals surface area (Å²) >= 11 is 6.43. The van der Waals surface area contributed by atoms with E-state index in [1.54, 1.807) is 36.5 Å². The Labute approximate surface area is 187 Å². The number of benzene rings is 3. The molecule has 162 valence electrons. The highest BCUT2D eigenvalue weighted by Gasteiger charge is 2.24. The molecular formula is C23H18ClN3O5. The van der Waals surface area contributed by atoms with Crippen LogP contribution in [0.15, 0.2) is 72.9 Å². The first-order valence-electron chi connectivity index (χ1n) is 9.76.